The number of hydrogen-bond acceptors (Lipinski definition) is 3. The standard InChI is InChI=1S/C19H31N3O2S/c1-14-6-5-7-16(10-14)12-21-19(20-3)22-13-17-8-9-18(15(2)11-17)25(4,23)24/h8-9,11,14,16H,5-7,10,12-13H2,1-4H3,(H2,20,21,22). The van der Waals surface area contributed by atoms with Crippen molar-refractivity contribution in [3.63, 3.8) is 0 Å². The number of hydrogen-bond donors (Lipinski definition) is 2. The number of rotatable bonds is 5. The van der Waals surface area contributed by atoms with Crippen LogP contribution < -0.4 is 10.6 Å². The summed E-state index contributed by atoms with van der Waals surface area (Å²) in [6.07, 6.45) is 6.50. The Morgan fingerprint density at radius 1 is 1.28 bits per heavy atom. The van der Waals surface area contributed by atoms with Gasteiger partial charge in [-0.25, -0.2) is 8.42 Å². The maximum absolute atomic E-state index is 11.7. The van der Waals surface area contributed by atoms with Gasteiger partial charge in [0.25, 0.3) is 0 Å². The molecule has 1 fully saturated rings. The van der Waals surface area contributed by atoms with Crippen LogP contribution in [0.3, 0.4) is 0 Å². The molecule has 140 valence electrons. The van der Waals surface area contributed by atoms with Crippen LogP contribution in [0.25, 0.3) is 0 Å². The summed E-state index contributed by atoms with van der Waals surface area (Å²) in [6, 6.07) is 5.45. The van der Waals surface area contributed by atoms with Crippen molar-refractivity contribution in [3.05, 3.63) is 29.3 Å². The summed E-state index contributed by atoms with van der Waals surface area (Å²) in [4.78, 5) is 4.68. The van der Waals surface area contributed by atoms with E-state index in [0.717, 1.165) is 35.5 Å². The highest BCUT2D eigenvalue weighted by Crippen LogP contribution is 2.27. The van der Waals surface area contributed by atoms with Crippen LogP contribution in [0.4, 0.5) is 0 Å². The zero-order valence-electron chi connectivity index (χ0n) is 15.8. The minimum atomic E-state index is -3.17. The quantitative estimate of drug-likeness (QED) is 0.622. The van der Waals surface area contributed by atoms with Gasteiger partial charge in [-0.3, -0.25) is 4.99 Å². The summed E-state index contributed by atoms with van der Waals surface area (Å²) in [7, 11) is -1.39. The molecule has 0 aliphatic heterocycles. The fraction of sp³-hybridized carbons (Fsp3) is 0.632. The molecule has 2 unspecified atom stereocenters. The Balaban J connectivity index is 1.87. The monoisotopic (exact) mass is 365 g/mol. The second-order valence-electron chi connectivity index (χ2n) is 7.32. The predicted molar refractivity (Wildman–Crippen MR) is 104 cm³/mol. The molecule has 1 aromatic carbocycles. The van der Waals surface area contributed by atoms with Crippen molar-refractivity contribution in [1.82, 2.24) is 10.6 Å². The van der Waals surface area contributed by atoms with Crippen molar-refractivity contribution < 1.29 is 8.42 Å². The van der Waals surface area contributed by atoms with E-state index in [4.69, 9.17) is 0 Å². The van der Waals surface area contributed by atoms with E-state index >= 15 is 0 Å². The van der Waals surface area contributed by atoms with Crippen LogP contribution in [0.1, 0.15) is 43.7 Å². The summed E-state index contributed by atoms with van der Waals surface area (Å²) in [6.45, 7) is 5.74. The molecule has 5 nitrogen and oxygen atoms in total. The van der Waals surface area contributed by atoms with Gasteiger partial charge in [-0.05, 0) is 48.8 Å². The zero-order chi connectivity index (χ0) is 18.4. The summed E-state index contributed by atoms with van der Waals surface area (Å²) in [5.74, 6) is 2.34. The Kier molecular flexibility index (Phi) is 6.87. The molecular weight excluding hydrogens is 334 g/mol. The van der Waals surface area contributed by atoms with Gasteiger partial charge in [-0.2, -0.15) is 0 Å². The molecule has 1 aromatic rings. The SMILES string of the molecule is CN=C(NCc1ccc(S(C)(=O)=O)c(C)c1)NCC1CCCC(C)C1. The fourth-order valence-corrected chi connectivity index (χ4v) is 4.59. The van der Waals surface area contributed by atoms with E-state index < -0.39 is 9.84 Å². The fourth-order valence-electron chi connectivity index (χ4n) is 3.63. The third-order valence-corrected chi connectivity index (χ3v) is 6.18. The van der Waals surface area contributed by atoms with Crippen LogP contribution in [0, 0.1) is 18.8 Å². The molecule has 2 N–H and O–H groups in total. The molecule has 0 heterocycles. The van der Waals surface area contributed by atoms with Gasteiger partial charge in [0, 0.05) is 26.4 Å². The second kappa shape index (κ2) is 8.70. The van der Waals surface area contributed by atoms with Crippen LogP contribution >= 0.6 is 0 Å². The lowest BCUT2D eigenvalue weighted by Crippen LogP contribution is -2.40. The van der Waals surface area contributed by atoms with Gasteiger partial charge in [0.05, 0.1) is 4.90 Å². The van der Waals surface area contributed by atoms with Gasteiger partial charge < -0.3 is 10.6 Å². The van der Waals surface area contributed by atoms with E-state index in [9.17, 15) is 8.42 Å². The topological polar surface area (TPSA) is 70.6 Å². The maximum Gasteiger partial charge on any atom is 0.191 e. The normalized spacial score (nSPS) is 21.8. The third-order valence-electron chi connectivity index (χ3n) is 4.93. The number of guanidine groups is 1. The lowest BCUT2D eigenvalue weighted by atomic mass is 9.82. The van der Waals surface area contributed by atoms with Crippen LogP contribution in [-0.2, 0) is 16.4 Å². The Morgan fingerprint density at radius 2 is 2.04 bits per heavy atom. The molecule has 25 heavy (non-hydrogen) atoms. The molecule has 0 saturated heterocycles. The molecule has 1 aliphatic carbocycles. The van der Waals surface area contributed by atoms with Crippen molar-refractivity contribution >= 4 is 15.8 Å². The first-order chi connectivity index (χ1) is 11.8. The first kappa shape index (κ1) is 19.8. The van der Waals surface area contributed by atoms with Gasteiger partial charge in [-0.1, -0.05) is 31.9 Å². The van der Waals surface area contributed by atoms with Gasteiger partial charge in [0.15, 0.2) is 15.8 Å². The minimum Gasteiger partial charge on any atom is -0.356 e. The molecular formula is C19H31N3O2S. The summed E-state index contributed by atoms with van der Waals surface area (Å²) < 4.78 is 23.4. The van der Waals surface area contributed by atoms with E-state index in [0.29, 0.717) is 11.4 Å². The average molecular weight is 366 g/mol. The molecule has 1 saturated carbocycles. The van der Waals surface area contributed by atoms with E-state index in [2.05, 4.69) is 22.5 Å². The Morgan fingerprint density at radius 3 is 2.64 bits per heavy atom. The summed E-state index contributed by atoms with van der Waals surface area (Å²) in [5.41, 5.74) is 1.82. The Bertz CT molecular complexity index is 713. The van der Waals surface area contributed by atoms with Crippen LogP contribution in [0.15, 0.2) is 28.1 Å². The van der Waals surface area contributed by atoms with Crippen LogP contribution in [0.5, 0.6) is 0 Å². The van der Waals surface area contributed by atoms with Crippen LogP contribution in [-0.4, -0.2) is 34.2 Å². The molecule has 0 aromatic heterocycles. The van der Waals surface area contributed by atoms with Gasteiger partial charge >= 0.3 is 0 Å². The van der Waals surface area contributed by atoms with Crippen molar-refractivity contribution in [1.29, 1.82) is 0 Å². The van der Waals surface area contributed by atoms with Crippen molar-refractivity contribution in [2.24, 2.45) is 16.8 Å². The number of aryl methyl sites for hydroxylation is 1. The van der Waals surface area contributed by atoms with Crippen molar-refractivity contribution in [2.45, 2.75) is 51.0 Å². The first-order valence-corrected chi connectivity index (χ1v) is 10.9. The number of aliphatic imine (C=N–C) groups is 1. The minimum absolute atomic E-state index is 0.394. The highest BCUT2D eigenvalue weighted by Gasteiger charge is 2.18. The first-order valence-electron chi connectivity index (χ1n) is 9.03. The highest BCUT2D eigenvalue weighted by molar-refractivity contribution is 7.90. The lowest BCUT2D eigenvalue weighted by molar-refractivity contribution is 0.282. The summed E-state index contributed by atoms with van der Waals surface area (Å²) >= 11 is 0. The molecule has 2 rings (SSSR count). The third kappa shape index (κ3) is 6.03. The Labute approximate surface area is 152 Å². The highest BCUT2D eigenvalue weighted by atomic mass is 32.2. The largest absolute Gasteiger partial charge is 0.356 e. The van der Waals surface area contributed by atoms with E-state index in [-0.39, 0.29) is 0 Å². The molecule has 2 atom stereocenters. The number of sulfone groups is 1. The van der Waals surface area contributed by atoms with Gasteiger partial charge in [-0.15, -0.1) is 0 Å². The number of nitrogens with one attached hydrogen (secondary N) is 2. The Hall–Kier alpha value is -1.56. The number of benzene rings is 1. The van der Waals surface area contributed by atoms with E-state index in [1.165, 1.54) is 31.9 Å². The molecule has 0 spiro atoms. The lowest BCUT2D eigenvalue weighted by Gasteiger charge is -2.27. The zero-order valence-corrected chi connectivity index (χ0v) is 16.6. The molecule has 0 bridgehead atoms. The predicted octanol–water partition coefficient (Wildman–Crippen LogP) is 2.89. The molecule has 6 heteroatoms. The maximum atomic E-state index is 11.7. The van der Waals surface area contributed by atoms with Crippen molar-refractivity contribution in [2.75, 3.05) is 19.8 Å². The van der Waals surface area contributed by atoms with Gasteiger partial charge in [0.2, 0.25) is 0 Å². The average Bonchev–Trinajstić information content (AvgIpc) is 2.54. The van der Waals surface area contributed by atoms with E-state index in [1.807, 2.05) is 19.1 Å². The smallest absolute Gasteiger partial charge is 0.191 e. The van der Waals surface area contributed by atoms with E-state index in [1.54, 1.807) is 13.1 Å². The van der Waals surface area contributed by atoms with Crippen molar-refractivity contribution in [3.8, 4) is 0 Å². The molecule has 0 amide bonds. The van der Waals surface area contributed by atoms with Gasteiger partial charge in [0.1, 0.15) is 0 Å². The summed E-state index contributed by atoms with van der Waals surface area (Å²) in [5, 5.41) is 6.73. The number of nitrogens with zero attached hydrogens (tertiary/aromatic N) is 1. The molecule has 1 aliphatic rings. The second-order valence-corrected chi connectivity index (χ2v) is 9.30. The molecule has 0 radical (unpaired) electrons. The van der Waals surface area contributed by atoms with Crippen LogP contribution in [0.2, 0.25) is 0 Å².